The highest BCUT2D eigenvalue weighted by molar-refractivity contribution is 5.94. The van der Waals surface area contributed by atoms with Crippen molar-refractivity contribution in [3.05, 3.63) is 23.8 Å². The molecule has 2 rings (SSSR count). The molecule has 1 aliphatic rings. The Bertz CT molecular complexity index is 544. The molecule has 1 aromatic carbocycles. The summed E-state index contributed by atoms with van der Waals surface area (Å²) in [5.74, 6) is -0.830. The van der Waals surface area contributed by atoms with Gasteiger partial charge in [-0.3, -0.25) is 0 Å². The van der Waals surface area contributed by atoms with Gasteiger partial charge >= 0.3 is 12.0 Å². The van der Waals surface area contributed by atoms with Gasteiger partial charge in [-0.05, 0) is 31.4 Å². The van der Waals surface area contributed by atoms with Crippen LogP contribution in [0.5, 0.6) is 5.75 Å². The SMILES string of the molecule is CCC1CCCN1C(=O)Nc1ccc(C(=O)O)c(OC)c1. The number of carboxylic acid groups (broad SMARTS) is 1. The number of ether oxygens (including phenoxy) is 1. The molecule has 6 heteroatoms. The summed E-state index contributed by atoms with van der Waals surface area (Å²) in [5.41, 5.74) is 0.603. The molecule has 0 aromatic heterocycles. The topological polar surface area (TPSA) is 78.9 Å². The van der Waals surface area contributed by atoms with E-state index in [0.29, 0.717) is 5.69 Å². The van der Waals surface area contributed by atoms with Crippen LogP contribution < -0.4 is 10.1 Å². The molecule has 0 bridgehead atoms. The summed E-state index contributed by atoms with van der Waals surface area (Å²) < 4.78 is 5.05. The Hall–Kier alpha value is -2.24. The normalized spacial score (nSPS) is 17.6. The molecule has 0 aliphatic carbocycles. The molecule has 6 nitrogen and oxygen atoms in total. The van der Waals surface area contributed by atoms with Crippen LogP contribution in [0.4, 0.5) is 10.5 Å². The molecule has 1 unspecified atom stereocenters. The van der Waals surface area contributed by atoms with E-state index in [-0.39, 0.29) is 23.4 Å². The first-order valence-corrected chi connectivity index (χ1v) is 7.05. The zero-order valence-electron chi connectivity index (χ0n) is 12.3. The molecule has 21 heavy (non-hydrogen) atoms. The van der Waals surface area contributed by atoms with Crippen molar-refractivity contribution < 1.29 is 19.4 Å². The number of methoxy groups -OCH3 is 1. The largest absolute Gasteiger partial charge is 0.496 e. The minimum atomic E-state index is -1.06. The number of nitrogens with one attached hydrogen (secondary N) is 1. The van der Waals surface area contributed by atoms with Crippen molar-refractivity contribution in [2.75, 3.05) is 19.0 Å². The van der Waals surface area contributed by atoms with Crippen LogP contribution in [-0.4, -0.2) is 41.7 Å². The number of hydrogen-bond donors (Lipinski definition) is 2. The molecule has 0 spiro atoms. The quantitative estimate of drug-likeness (QED) is 0.894. The van der Waals surface area contributed by atoms with E-state index in [4.69, 9.17) is 9.84 Å². The van der Waals surface area contributed by atoms with Gasteiger partial charge < -0.3 is 20.1 Å². The molecule has 0 radical (unpaired) electrons. The minimum Gasteiger partial charge on any atom is -0.496 e. The van der Waals surface area contributed by atoms with Crippen LogP contribution in [0.1, 0.15) is 36.5 Å². The molecule has 2 amide bonds. The second-order valence-electron chi connectivity index (χ2n) is 5.05. The lowest BCUT2D eigenvalue weighted by atomic mass is 10.1. The van der Waals surface area contributed by atoms with Gasteiger partial charge in [-0.15, -0.1) is 0 Å². The average Bonchev–Trinajstić information content (AvgIpc) is 2.95. The van der Waals surface area contributed by atoms with E-state index < -0.39 is 5.97 Å². The van der Waals surface area contributed by atoms with Gasteiger partial charge in [-0.2, -0.15) is 0 Å². The first-order chi connectivity index (χ1) is 10.1. The number of anilines is 1. The van der Waals surface area contributed by atoms with E-state index in [9.17, 15) is 9.59 Å². The lowest BCUT2D eigenvalue weighted by molar-refractivity contribution is 0.0693. The number of carbonyl (C=O) groups excluding carboxylic acids is 1. The molecular weight excluding hydrogens is 272 g/mol. The first-order valence-electron chi connectivity index (χ1n) is 7.05. The van der Waals surface area contributed by atoms with Gasteiger partial charge in [0, 0.05) is 24.3 Å². The minimum absolute atomic E-state index is 0.0723. The lowest BCUT2D eigenvalue weighted by Gasteiger charge is -2.24. The Morgan fingerprint density at radius 2 is 2.24 bits per heavy atom. The summed E-state index contributed by atoms with van der Waals surface area (Å²) in [6.07, 6.45) is 2.99. The van der Waals surface area contributed by atoms with Gasteiger partial charge in [0.25, 0.3) is 0 Å². The third-order valence-corrected chi connectivity index (χ3v) is 3.79. The summed E-state index contributed by atoms with van der Waals surface area (Å²) in [4.78, 5) is 25.1. The van der Waals surface area contributed by atoms with E-state index in [1.807, 2.05) is 4.90 Å². The molecule has 1 atom stereocenters. The highest BCUT2D eigenvalue weighted by Gasteiger charge is 2.27. The maximum Gasteiger partial charge on any atom is 0.339 e. The fraction of sp³-hybridized carbons (Fsp3) is 0.467. The van der Waals surface area contributed by atoms with Crippen LogP contribution in [0.2, 0.25) is 0 Å². The molecule has 2 N–H and O–H groups in total. The van der Waals surface area contributed by atoms with Crippen molar-refractivity contribution in [1.29, 1.82) is 0 Å². The van der Waals surface area contributed by atoms with Crippen molar-refractivity contribution >= 4 is 17.7 Å². The van der Waals surface area contributed by atoms with E-state index in [1.54, 1.807) is 6.07 Å². The number of likely N-dealkylation sites (tertiary alicyclic amines) is 1. The monoisotopic (exact) mass is 292 g/mol. The highest BCUT2D eigenvalue weighted by Crippen LogP contribution is 2.25. The van der Waals surface area contributed by atoms with Gasteiger partial charge in [0.2, 0.25) is 0 Å². The van der Waals surface area contributed by atoms with Crippen LogP contribution in [-0.2, 0) is 0 Å². The van der Waals surface area contributed by atoms with Gasteiger partial charge in [0.05, 0.1) is 7.11 Å². The fourth-order valence-electron chi connectivity index (χ4n) is 2.67. The van der Waals surface area contributed by atoms with Crippen LogP contribution >= 0.6 is 0 Å². The maximum atomic E-state index is 12.3. The zero-order valence-corrected chi connectivity index (χ0v) is 12.3. The van der Waals surface area contributed by atoms with Crippen molar-refractivity contribution in [1.82, 2.24) is 4.90 Å². The standard InChI is InChI=1S/C15H20N2O4/c1-3-11-5-4-8-17(11)15(20)16-10-6-7-12(14(18)19)13(9-10)21-2/h6-7,9,11H,3-5,8H2,1-2H3,(H,16,20)(H,18,19). The number of hydrogen-bond acceptors (Lipinski definition) is 3. The zero-order chi connectivity index (χ0) is 15.4. The van der Waals surface area contributed by atoms with Crippen LogP contribution in [0.15, 0.2) is 18.2 Å². The fourth-order valence-corrected chi connectivity index (χ4v) is 2.67. The molecule has 1 saturated heterocycles. The Balaban J connectivity index is 2.12. The van der Waals surface area contributed by atoms with Crippen molar-refractivity contribution in [3.63, 3.8) is 0 Å². The third kappa shape index (κ3) is 3.26. The van der Waals surface area contributed by atoms with Gasteiger partial charge in [-0.25, -0.2) is 9.59 Å². The molecule has 1 aliphatic heterocycles. The third-order valence-electron chi connectivity index (χ3n) is 3.79. The van der Waals surface area contributed by atoms with E-state index in [0.717, 1.165) is 25.8 Å². The predicted octanol–water partition coefficient (Wildman–Crippen LogP) is 2.80. The number of carboxylic acids is 1. The summed E-state index contributed by atoms with van der Waals surface area (Å²) >= 11 is 0. The van der Waals surface area contributed by atoms with Crippen molar-refractivity contribution in [2.45, 2.75) is 32.2 Å². The van der Waals surface area contributed by atoms with E-state index in [2.05, 4.69) is 12.2 Å². The Morgan fingerprint density at radius 3 is 2.86 bits per heavy atom. The predicted molar refractivity (Wildman–Crippen MR) is 79.0 cm³/mol. The number of amides is 2. The number of aromatic carboxylic acids is 1. The summed E-state index contributed by atoms with van der Waals surface area (Å²) in [5, 5.41) is 11.8. The van der Waals surface area contributed by atoms with Crippen LogP contribution in [0, 0.1) is 0 Å². The molecular formula is C15H20N2O4. The van der Waals surface area contributed by atoms with Crippen molar-refractivity contribution in [2.24, 2.45) is 0 Å². The second-order valence-corrected chi connectivity index (χ2v) is 5.05. The highest BCUT2D eigenvalue weighted by atomic mass is 16.5. The molecule has 0 saturated carbocycles. The molecule has 1 aromatic rings. The summed E-state index contributed by atoms with van der Waals surface area (Å²) in [6, 6.07) is 4.66. The smallest absolute Gasteiger partial charge is 0.339 e. The molecule has 114 valence electrons. The molecule has 1 heterocycles. The van der Waals surface area contributed by atoms with Gasteiger partial charge in [0.15, 0.2) is 0 Å². The number of urea groups is 1. The Kier molecular flexibility index (Phi) is 4.67. The lowest BCUT2D eigenvalue weighted by Crippen LogP contribution is -2.38. The van der Waals surface area contributed by atoms with E-state index >= 15 is 0 Å². The van der Waals surface area contributed by atoms with Gasteiger partial charge in [-0.1, -0.05) is 6.92 Å². The summed E-state index contributed by atoms with van der Waals surface area (Å²) in [6.45, 7) is 2.83. The Morgan fingerprint density at radius 1 is 1.48 bits per heavy atom. The number of rotatable bonds is 4. The number of carbonyl (C=O) groups is 2. The number of nitrogens with zero attached hydrogens (tertiary/aromatic N) is 1. The summed E-state index contributed by atoms with van der Waals surface area (Å²) in [7, 11) is 1.40. The molecule has 1 fully saturated rings. The average molecular weight is 292 g/mol. The Labute approximate surface area is 123 Å². The van der Waals surface area contributed by atoms with E-state index in [1.165, 1.54) is 19.2 Å². The second kappa shape index (κ2) is 6.47. The first kappa shape index (κ1) is 15.2. The van der Waals surface area contributed by atoms with Crippen LogP contribution in [0.25, 0.3) is 0 Å². The van der Waals surface area contributed by atoms with Crippen molar-refractivity contribution in [3.8, 4) is 5.75 Å². The number of benzene rings is 1. The maximum absolute atomic E-state index is 12.3. The van der Waals surface area contributed by atoms with Gasteiger partial charge in [0.1, 0.15) is 11.3 Å². The van der Waals surface area contributed by atoms with Crippen LogP contribution in [0.3, 0.4) is 0 Å².